The molecule has 0 aliphatic carbocycles. The number of benzene rings is 2. The molecule has 0 atom stereocenters. The second-order valence-corrected chi connectivity index (χ2v) is 7.73. The van der Waals surface area contributed by atoms with E-state index in [4.69, 9.17) is 21.1 Å². The van der Waals surface area contributed by atoms with Gasteiger partial charge >= 0.3 is 0 Å². The van der Waals surface area contributed by atoms with Crippen LogP contribution in [0.2, 0.25) is 5.15 Å². The number of halogens is 2. The predicted octanol–water partition coefficient (Wildman–Crippen LogP) is 5.44. The van der Waals surface area contributed by atoms with E-state index in [-0.39, 0.29) is 0 Å². The van der Waals surface area contributed by atoms with Gasteiger partial charge in [-0.1, -0.05) is 35.9 Å². The zero-order valence-corrected chi connectivity index (χ0v) is 18.9. The maximum absolute atomic E-state index is 9.46. The number of hydrogen-bond donors (Lipinski definition) is 0. The molecule has 5 nitrogen and oxygen atoms in total. The van der Waals surface area contributed by atoms with Crippen LogP contribution in [0.4, 0.5) is 5.82 Å². The predicted molar refractivity (Wildman–Crippen MR) is 123 cm³/mol. The van der Waals surface area contributed by atoms with Crippen LogP contribution in [0.15, 0.2) is 54.6 Å². The Morgan fingerprint density at radius 3 is 1.86 bits per heavy atom. The van der Waals surface area contributed by atoms with E-state index < -0.39 is 0 Å². The van der Waals surface area contributed by atoms with Crippen molar-refractivity contribution in [3.8, 4) is 17.6 Å². The fourth-order valence-electron chi connectivity index (χ4n) is 2.85. The van der Waals surface area contributed by atoms with Crippen LogP contribution in [0.3, 0.4) is 0 Å². The van der Waals surface area contributed by atoms with E-state index in [0.29, 0.717) is 33.2 Å². The minimum Gasteiger partial charge on any atom is -0.497 e. The van der Waals surface area contributed by atoms with Gasteiger partial charge in [-0.2, -0.15) is 5.26 Å². The summed E-state index contributed by atoms with van der Waals surface area (Å²) >= 11 is 8.34. The number of ether oxygens (including phenoxy) is 2. The van der Waals surface area contributed by atoms with Crippen molar-refractivity contribution in [3.63, 3.8) is 0 Å². The summed E-state index contributed by atoms with van der Waals surface area (Å²) in [4.78, 5) is 6.61. The third-order valence-corrected chi connectivity index (χ3v) is 6.10. The van der Waals surface area contributed by atoms with Crippen LogP contribution in [0, 0.1) is 14.9 Å². The lowest BCUT2D eigenvalue weighted by molar-refractivity contribution is 0.414. The molecule has 0 N–H and O–H groups in total. The quantitative estimate of drug-likeness (QED) is 0.308. The topological polar surface area (TPSA) is 58.4 Å². The lowest BCUT2D eigenvalue weighted by atomic mass is 10.1. The highest BCUT2D eigenvalue weighted by Crippen LogP contribution is 2.27. The molecule has 3 aromatic rings. The van der Waals surface area contributed by atoms with Gasteiger partial charge < -0.3 is 14.4 Å². The molecule has 0 saturated heterocycles. The zero-order chi connectivity index (χ0) is 20.8. The van der Waals surface area contributed by atoms with Crippen molar-refractivity contribution in [2.24, 2.45) is 0 Å². The fourth-order valence-corrected chi connectivity index (χ4v) is 3.43. The van der Waals surface area contributed by atoms with E-state index in [1.165, 1.54) is 0 Å². The Morgan fingerprint density at radius 1 is 0.966 bits per heavy atom. The molecule has 7 heteroatoms. The number of hydrogen-bond acceptors (Lipinski definition) is 5. The van der Waals surface area contributed by atoms with Crippen LogP contribution in [-0.4, -0.2) is 19.2 Å². The van der Waals surface area contributed by atoms with Crippen molar-refractivity contribution >= 4 is 40.0 Å². The molecule has 1 heterocycles. The number of pyridine rings is 1. The summed E-state index contributed by atoms with van der Waals surface area (Å²) in [5.41, 5.74) is 2.69. The maximum Gasteiger partial charge on any atom is 0.146 e. The van der Waals surface area contributed by atoms with Gasteiger partial charge in [-0.25, -0.2) is 4.98 Å². The largest absolute Gasteiger partial charge is 0.497 e. The molecule has 3 rings (SSSR count). The minimum absolute atomic E-state index is 0.328. The number of anilines is 1. The van der Waals surface area contributed by atoms with Crippen molar-refractivity contribution < 1.29 is 9.47 Å². The van der Waals surface area contributed by atoms with Gasteiger partial charge in [0.2, 0.25) is 0 Å². The number of methoxy groups -OCH3 is 2. The second-order valence-electron chi connectivity index (χ2n) is 6.30. The van der Waals surface area contributed by atoms with Crippen LogP contribution >= 0.6 is 34.2 Å². The van der Waals surface area contributed by atoms with Gasteiger partial charge in [0.15, 0.2) is 0 Å². The molecule has 0 unspecified atom stereocenters. The molecular weight excluding hydrogens is 501 g/mol. The van der Waals surface area contributed by atoms with Gasteiger partial charge in [0.25, 0.3) is 0 Å². The Kier molecular flexibility index (Phi) is 7.18. The third kappa shape index (κ3) is 5.31. The van der Waals surface area contributed by atoms with Crippen LogP contribution in [0.25, 0.3) is 0 Å². The molecule has 0 aliphatic heterocycles. The molecule has 0 spiro atoms. The lowest BCUT2D eigenvalue weighted by Gasteiger charge is -2.25. The molecule has 29 heavy (non-hydrogen) atoms. The normalized spacial score (nSPS) is 10.3. The van der Waals surface area contributed by atoms with Crippen molar-refractivity contribution in [1.29, 1.82) is 5.26 Å². The van der Waals surface area contributed by atoms with E-state index in [1.807, 2.05) is 71.1 Å². The molecular formula is C22H19ClIN3O2. The fraction of sp³-hybridized carbons (Fsp3) is 0.182. The molecule has 2 aromatic carbocycles. The number of nitrogens with zero attached hydrogens (tertiary/aromatic N) is 3. The van der Waals surface area contributed by atoms with E-state index in [0.717, 1.165) is 22.6 Å². The van der Waals surface area contributed by atoms with Gasteiger partial charge in [0.05, 0.1) is 23.4 Å². The monoisotopic (exact) mass is 519 g/mol. The first-order valence-corrected chi connectivity index (χ1v) is 10.3. The van der Waals surface area contributed by atoms with E-state index >= 15 is 0 Å². The molecule has 0 aliphatic rings. The van der Waals surface area contributed by atoms with E-state index in [9.17, 15) is 5.26 Å². The molecule has 148 valence electrons. The third-order valence-electron chi connectivity index (χ3n) is 4.41. The minimum atomic E-state index is 0.328. The van der Waals surface area contributed by atoms with E-state index in [2.05, 4.69) is 16.0 Å². The highest BCUT2D eigenvalue weighted by molar-refractivity contribution is 14.1. The number of nitriles is 1. The number of rotatable bonds is 7. The van der Waals surface area contributed by atoms with Crippen molar-refractivity contribution in [2.75, 3.05) is 19.1 Å². The first-order chi connectivity index (χ1) is 14.0. The van der Waals surface area contributed by atoms with Crippen molar-refractivity contribution in [3.05, 3.63) is 80.0 Å². The van der Waals surface area contributed by atoms with Crippen molar-refractivity contribution in [2.45, 2.75) is 13.1 Å². The Hall–Kier alpha value is -2.50. The summed E-state index contributed by atoms with van der Waals surface area (Å²) in [5, 5.41) is 9.78. The van der Waals surface area contributed by atoms with Crippen LogP contribution in [0.1, 0.15) is 16.7 Å². The molecule has 0 fully saturated rings. The second kappa shape index (κ2) is 9.81. The summed E-state index contributed by atoms with van der Waals surface area (Å²) in [5.74, 6) is 2.26. The SMILES string of the molecule is COc1ccc(CN(Cc2ccc(OC)cc2)c2cc(C#N)c(I)c(Cl)n2)cc1. The Morgan fingerprint density at radius 2 is 1.45 bits per heavy atom. The van der Waals surface area contributed by atoms with Crippen LogP contribution < -0.4 is 14.4 Å². The summed E-state index contributed by atoms with van der Waals surface area (Å²) in [6.45, 7) is 1.20. The highest BCUT2D eigenvalue weighted by atomic mass is 127. The average molecular weight is 520 g/mol. The average Bonchev–Trinajstić information content (AvgIpc) is 2.76. The first kappa shape index (κ1) is 21.2. The first-order valence-electron chi connectivity index (χ1n) is 8.81. The molecule has 0 amide bonds. The summed E-state index contributed by atoms with van der Waals surface area (Å²) in [6.07, 6.45) is 0. The maximum atomic E-state index is 9.46. The van der Waals surface area contributed by atoms with E-state index in [1.54, 1.807) is 20.3 Å². The smallest absolute Gasteiger partial charge is 0.146 e. The van der Waals surface area contributed by atoms with Gasteiger partial charge in [-0.15, -0.1) is 0 Å². The van der Waals surface area contributed by atoms with Crippen LogP contribution in [-0.2, 0) is 13.1 Å². The van der Waals surface area contributed by atoms with Crippen LogP contribution in [0.5, 0.6) is 11.5 Å². The van der Waals surface area contributed by atoms with Gasteiger partial charge in [-0.05, 0) is 64.0 Å². The summed E-state index contributed by atoms with van der Waals surface area (Å²) in [6, 6.07) is 19.7. The van der Waals surface area contributed by atoms with Gasteiger partial charge in [0, 0.05) is 13.1 Å². The Bertz CT molecular complexity index is 968. The van der Waals surface area contributed by atoms with Gasteiger partial charge in [-0.3, -0.25) is 0 Å². The highest BCUT2D eigenvalue weighted by Gasteiger charge is 2.15. The summed E-state index contributed by atoms with van der Waals surface area (Å²) < 4.78 is 11.1. The molecule has 0 saturated carbocycles. The van der Waals surface area contributed by atoms with Crippen molar-refractivity contribution in [1.82, 2.24) is 4.98 Å². The summed E-state index contributed by atoms with van der Waals surface area (Å²) in [7, 11) is 3.29. The molecule has 0 radical (unpaired) electrons. The lowest BCUT2D eigenvalue weighted by Crippen LogP contribution is -2.23. The Labute approximate surface area is 189 Å². The molecule has 1 aromatic heterocycles. The number of aromatic nitrogens is 1. The van der Waals surface area contributed by atoms with Gasteiger partial charge in [0.1, 0.15) is 28.5 Å². The Balaban J connectivity index is 1.95. The molecule has 0 bridgehead atoms. The standard InChI is InChI=1S/C22H19ClIN3O2/c1-28-18-7-3-15(4-8-18)13-27(14-16-5-9-19(29-2)10-6-16)20-11-17(12-25)21(24)22(23)26-20/h3-11H,13-14H2,1-2H3. The zero-order valence-electron chi connectivity index (χ0n) is 16.0.